The summed E-state index contributed by atoms with van der Waals surface area (Å²) in [6.45, 7) is 4.44. The smallest absolute Gasteiger partial charge is 0.257 e. The van der Waals surface area contributed by atoms with E-state index in [1.54, 1.807) is 18.2 Å². The zero-order chi connectivity index (χ0) is 22.1. The van der Waals surface area contributed by atoms with Gasteiger partial charge in [-0.1, -0.05) is 42.5 Å². The van der Waals surface area contributed by atoms with E-state index < -0.39 is 0 Å². The van der Waals surface area contributed by atoms with E-state index in [4.69, 9.17) is 21.7 Å². The van der Waals surface area contributed by atoms with Gasteiger partial charge >= 0.3 is 0 Å². The van der Waals surface area contributed by atoms with Crippen LogP contribution in [0.15, 0.2) is 78.9 Å². The van der Waals surface area contributed by atoms with Crippen LogP contribution in [0.1, 0.15) is 29.8 Å². The van der Waals surface area contributed by atoms with Crippen LogP contribution in [-0.4, -0.2) is 23.7 Å². The molecule has 2 N–H and O–H groups in total. The van der Waals surface area contributed by atoms with Gasteiger partial charge in [-0.25, -0.2) is 0 Å². The van der Waals surface area contributed by atoms with Gasteiger partial charge in [0.25, 0.3) is 5.91 Å². The molecule has 0 bridgehead atoms. The molecule has 0 saturated carbocycles. The molecule has 3 rings (SSSR count). The highest BCUT2D eigenvalue weighted by atomic mass is 32.1. The summed E-state index contributed by atoms with van der Waals surface area (Å²) in [5, 5.41) is 5.93. The number of carbonyl (C=O) groups is 1. The first-order valence-electron chi connectivity index (χ1n) is 10.2. The fraction of sp³-hybridized carbons (Fsp3) is 0.200. The van der Waals surface area contributed by atoms with Gasteiger partial charge in [0, 0.05) is 23.7 Å². The largest absolute Gasteiger partial charge is 0.493 e. The van der Waals surface area contributed by atoms with Gasteiger partial charge in [-0.3, -0.25) is 10.1 Å². The minimum Gasteiger partial charge on any atom is -0.493 e. The number of hydrogen-bond acceptors (Lipinski definition) is 4. The summed E-state index contributed by atoms with van der Waals surface area (Å²) in [5.74, 6) is 1.07. The van der Waals surface area contributed by atoms with Crippen LogP contribution in [0.25, 0.3) is 0 Å². The second-order valence-electron chi connectivity index (χ2n) is 7.21. The van der Waals surface area contributed by atoms with E-state index in [1.807, 2.05) is 62.4 Å². The lowest BCUT2D eigenvalue weighted by Crippen LogP contribution is -2.34. The van der Waals surface area contributed by atoms with Crippen LogP contribution < -0.4 is 20.1 Å². The van der Waals surface area contributed by atoms with E-state index in [1.165, 1.54) is 5.56 Å². The topological polar surface area (TPSA) is 59.6 Å². The van der Waals surface area contributed by atoms with Gasteiger partial charge in [0.05, 0.1) is 12.7 Å². The summed E-state index contributed by atoms with van der Waals surface area (Å²) >= 11 is 5.29. The highest BCUT2D eigenvalue weighted by Gasteiger charge is 2.10. The number of anilines is 1. The molecule has 0 spiro atoms. The van der Waals surface area contributed by atoms with Crippen LogP contribution in [0, 0.1) is 0 Å². The van der Waals surface area contributed by atoms with Crippen LogP contribution >= 0.6 is 12.2 Å². The van der Waals surface area contributed by atoms with Crippen molar-refractivity contribution in [2.45, 2.75) is 26.4 Å². The zero-order valence-electron chi connectivity index (χ0n) is 17.6. The molecule has 0 unspecified atom stereocenters. The van der Waals surface area contributed by atoms with Crippen LogP contribution in [-0.2, 0) is 6.42 Å². The SMILES string of the molecule is CC(C)Oc1cccc(C(=O)NC(=S)Nc2cccc(OCCc3ccccc3)c2)c1. The molecule has 6 heteroatoms. The normalized spacial score (nSPS) is 10.4. The maximum Gasteiger partial charge on any atom is 0.257 e. The Morgan fingerprint density at radius 1 is 0.935 bits per heavy atom. The quantitative estimate of drug-likeness (QED) is 0.476. The zero-order valence-corrected chi connectivity index (χ0v) is 18.4. The minimum absolute atomic E-state index is 0.0308. The summed E-state index contributed by atoms with van der Waals surface area (Å²) in [6.07, 6.45) is 0.857. The molecule has 3 aromatic carbocycles. The Morgan fingerprint density at radius 3 is 2.45 bits per heavy atom. The number of rotatable bonds is 8. The Balaban J connectivity index is 1.52. The van der Waals surface area contributed by atoms with Crippen LogP contribution in [0.5, 0.6) is 11.5 Å². The molecule has 0 aliphatic carbocycles. The van der Waals surface area contributed by atoms with E-state index in [0.29, 0.717) is 17.9 Å². The molecule has 0 radical (unpaired) electrons. The number of hydrogen-bond donors (Lipinski definition) is 2. The van der Waals surface area contributed by atoms with Crippen LogP contribution in [0.4, 0.5) is 5.69 Å². The van der Waals surface area contributed by atoms with Crippen molar-refractivity contribution in [3.8, 4) is 11.5 Å². The number of ether oxygens (including phenoxy) is 2. The molecule has 0 aliphatic rings. The Labute approximate surface area is 188 Å². The fourth-order valence-corrected chi connectivity index (χ4v) is 3.13. The van der Waals surface area contributed by atoms with Gasteiger partial charge in [0.15, 0.2) is 5.11 Å². The lowest BCUT2D eigenvalue weighted by Gasteiger charge is -2.13. The lowest BCUT2D eigenvalue weighted by molar-refractivity contribution is 0.0977. The average molecular weight is 435 g/mol. The molecule has 31 heavy (non-hydrogen) atoms. The van der Waals surface area contributed by atoms with Gasteiger partial charge < -0.3 is 14.8 Å². The van der Waals surface area contributed by atoms with Gasteiger partial charge in [0.1, 0.15) is 11.5 Å². The molecule has 0 fully saturated rings. The third-order valence-electron chi connectivity index (χ3n) is 4.29. The summed E-state index contributed by atoms with van der Waals surface area (Å²) in [7, 11) is 0. The first-order chi connectivity index (χ1) is 15.0. The first kappa shape index (κ1) is 22.3. The van der Waals surface area contributed by atoms with Gasteiger partial charge in [-0.15, -0.1) is 0 Å². The maximum atomic E-state index is 12.5. The molecule has 0 saturated heterocycles. The molecule has 0 aliphatic heterocycles. The third kappa shape index (κ3) is 7.42. The second kappa shape index (κ2) is 11.1. The predicted octanol–water partition coefficient (Wildman–Crippen LogP) is 5.22. The van der Waals surface area contributed by atoms with Crippen molar-refractivity contribution in [3.63, 3.8) is 0 Å². The van der Waals surface area contributed by atoms with Crippen molar-refractivity contribution in [2.24, 2.45) is 0 Å². The third-order valence-corrected chi connectivity index (χ3v) is 4.49. The lowest BCUT2D eigenvalue weighted by atomic mass is 10.2. The van der Waals surface area contributed by atoms with E-state index in [9.17, 15) is 4.79 Å². The Kier molecular flexibility index (Phi) is 8.01. The van der Waals surface area contributed by atoms with Crippen molar-refractivity contribution in [3.05, 3.63) is 90.0 Å². The second-order valence-corrected chi connectivity index (χ2v) is 7.62. The van der Waals surface area contributed by atoms with Gasteiger partial charge in [-0.2, -0.15) is 0 Å². The first-order valence-corrected chi connectivity index (χ1v) is 10.6. The van der Waals surface area contributed by atoms with Crippen molar-refractivity contribution in [2.75, 3.05) is 11.9 Å². The van der Waals surface area contributed by atoms with E-state index in [0.717, 1.165) is 17.9 Å². The highest BCUT2D eigenvalue weighted by molar-refractivity contribution is 7.80. The minimum atomic E-state index is -0.304. The van der Waals surface area contributed by atoms with Crippen molar-refractivity contribution in [1.82, 2.24) is 5.32 Å². The monoisotopic (exact) mass is 434 g/mol. The van der Waals surface area contributed by atoms with Crippen molar-refractivity contribution in [1.29, 1.82) is 0 Å². The molecule has 5 nitrogen and oxygen atoms in total. The van der Waals surface area contributed by atoms with Crippen molar-refractivity contribution >= 4 is 28.9 Å². The fourth-order valence-electron chi connectivity index (χ4n) is 2.92. The highest BCUT2D eigenvalue weighted by Crippen LogP contribution is 2.18. The summed E-state index contributed by atoms with van der Waals surface area (Å²) < 4.78 is 11.5. The van der Waals surface area contributed by atoms with E-state index >= 15 is 0 Å². The van der Waals surface area contributed by atoms with E-state index in [-0.39, 0.29) is 17.1 Å². The van der Waals surface area contributed by atoms with Crippen molar-refractivity contribution < 1.29 is 14.3 Å². The number of nitrogens with one attached hydrogen (secondary N) is 2. The number of carbonyl (C=O) groups excluding carboxylic acids is 1. The van der Waals surface area contributed by atoms with E-state index in [2.05, 4.69) is 22.8 Å². The molecule has 3 aromatic rings. The molecule has 0 atom stereocenters. The van der Waals surface area contributed by atoms with Crippen LogP contribution in [0.2, 0.25) is 0 Å². The summed E-state index contributed by atoms with van der Waals surface area (Å²) in [6, 6.07) is 24.7. The van der Waals surface area contributed by atoms with Gasteiger partial charge in [-0.05, 0) is 62.0 Å². The van der Waals surface area contributed by atoms with Gasteiger partial charge in [0.2, 0.25) is 0 Å². The Morgan fingerprint density at radius 2 is 1.68 bits per heavy atom. The number of benzene rings is 3. The summed E-state index contributed by atoms with van der Waals surface area (Å²) in [4.78, 5) is 12.5. The molecule has 160 valence electrons. The average Bonchev–Trinajstić information content (AvgIpc) is 2.74. The number of amides is 1. The molecule has 1 amide bonds. The Bertz CT molecular complexity index is 1020. The Hall–Kier alpha value is -3.38. The molecule has 0 aromatic heterocycles. The van der Waals surface area contributed by atoms with Crippen LogP contribution in [0.3, 0.4) is 0 Å². The maximum absolute atomic E-state index is 12.5. The molecular formula is C25H26N2O3S. The summed E-state index contributed by atoms with van der Waals surface area (Å²) in [5.41, 5.74) is 2.43. The molecular weight excluding hydrogens is 408 g/mol. The molecule has 0 heterocycles. The predicted molar refractivity (Wildman–Crippen MR) is 128 cm³/mol. The standard InChI is InChI=1S/C25H26N2O3S/c1-18(2)30-23-13-6-10-20(16-23)24(28)27-25(31)26-21-11-7-12-22(17-21)29-15-14-19-8-4-3-5-9-19/h3-13,16-18H,14-15H2,1-2H3,(H2,26,27,28,31). The number of thiocarbonyl (C=S) groups is 1.